The first-order valence-corrected chi connectivity index (χ1v) is 10.4. The Kier molecular flexibility index (Phi) is 5.37. The second-order valence-electron chi connectivity index (χ2n) is 7.22. The van der Waals surface area contributed by atoms with Crippen LogP contribution < -0.4 is 15.0 Å². The zero-order chi connectivity index (χ0) is 21.0. The van der Waals surface area contributed by atoms with E-state index >= 15 is 0 Å². The number of para-hydroxylation sites is 2. The monoisotopic (exact) mass is 416 g/mol. The van der Waals surface area contributed by atoms with E-state index in [0.717, 1.165) is 41.2 Å². The molecule has 3 heterocycles. The summed E-state index contributed by atoms with van der Waals surface area (Å²) in [5.41, 5.74) is 3.80. The molecule has 0 amide bonds. The van der Waals surface area contributed by atoms with E-state index in [2.05, 4.69) is 25.2 Å². The number of nitrogens with one attached hydrogen (secondary N) is 2. The van der Waals surface area contributed by atoms with Gasteiger partial charge >= 0.3 is 0 Å². The molecule has 1 saturated heterocycles. The van der Waals surface area contributed by atoms with Crippen molar-refractivity contribution in [1.82, 2.24) is 19.9 Å². The highest BCUT2D eigenvalue weighted by Crippen LogP contribution is 2.29. The molecule has 158 valence electrons. The van der Waals surface area contributed by atoms with Crippen LogP contribution in [0.2, 0.25) is 0 Å². The van der Waals surface area contributed by atoms with E-state index in [-0.39, 0.29) is 0 Å². The van der Waals surface area contributed by atoms with Gasteiger partial charge < -0.3 is 24.7 Å². The minimum atomic E-state index is 0.572. The average molecular weight is 416 g/mol. The molecule has 8 nitrogen and oxygen atoms in total. The Morgan fingerprint density at radius 2 is 1.87 bits per heavy atom. The summed E-state index contributed by atoms with van der Waals surface area (Å²) >= 11 is 0. The van der Waals surface area contributed by atoms with Crippen molar-refractivity contribution in [3.63, 3.8) is 0 Å². The first-order valence-electron chi connectivity index (χ1n) is 10.4. The quantitative estimate of drug-likeness (QED) is 0.491. The van der Waals surface area contributed by atoms with Crippen molar-refractivity contribution in [2.24, 2.45) is 0 Å². The molecule has 0 atom stereocenters. The van der Waals surface area contributed by atoms with E-state index in [1.54, 1.807) is 6.20 Å². The maximum absolute atomic E-state index is 5.76. The minimum Gasteiger partial charge on any atom is -0.488 e. The number of nitrogens with zero attached hydrogens (tertiary/aromatic N) is 4. The molecule has 2 aromatic heterocycles. The third-order valence-corrected chi connectivity index (χ3v) is 5.14. The Morgan fingerprint density at radius 1 is 1.06 bits per heavy atom. The molecular formula is C23H24N6O2. The van der Waals surface area contributed by atoms with Gasteiger partial charge in [-0.1, -0.05) is 12.1 Å². The number of ether oxygens (including phenoxy) is 2. The van der Waals surface area contributed by atoms with Crippen LogP contribution in [0.25, 0.3) is 22.4 Å². The molecule has 0 saturated carbocycles. The lowest BCUT2D eigenvalue weighted by Gasteiger charge is -2.29. The molecule has 2 aromatic carbocycles. The highest BCUT2D eigenvalue weighted by atomic mass is 16.5. The number of hydrogen-bond donors (Lipinski definition) is 2. The van der Waals surface area contributed by atoms with Gasteiger partial charge in [0.25, 0.3) is 0 Å². The largest absolute Gasteiger partial charge is 0.488 e. The Morgan fingerprint density at radius 3 is 2.65 bits per heavy atom. The Bertz CT molecular complexity index is 1140. The van der Waals surface area contributed by atoms with Crippen LogP contribution in [-0.4, -0.2) is 52.8 Å². The van der Waals surface area contributed by atoms with E-state index in [4.69, 9.17) is 14.5 Å². The summed E-state index contributed by atoms with van der Waals surface area (Å²) < 4.78 is 11.2. The van der Waals surface area contributed by atoms with Gasteiger partial charge in [0.2, 0.25) is 5.95 Å². The third kappa shape index (κ3) is 4.15. The van der Waals surface area contributed by atoms with E-state index < -0.39 is 0 Å². The number of hydrogen-bond acceptors (Lipinski definition) is 7. The number of H-pyrrole nitrogens is 1. The fourth-order valence-corrected chi connectivity index (χ4v) is 3.61. The normalized spacial score (nSPS) is 14.0. The molecule has 0 radical (unpaired) electrons. The molecule has 1 aliphatic rings. The number of anilines is 3. The van der Waals surface area contributed by atoms with E-state index in [9.17, 15) is 0 Å². The van der Waals surface area contributed by atoms with Crippen LogP contribution in [0, 0.1) is 0 Å². The second-order valence-corrected chi connectivity index (χ2v) is 7.22. The van der Waals surface area contributed by atoms with Crippen LogP contribution in [0.15, 0.2) is 54.7 Å². The summed E-state index contributed by atoms with van der Waals surface area (Å²) in [6, 6.07) is 16.0. The number of fused-ring (bicyclic) bond motifs is 1. The summed E-state index contributed by atoms with van der Waals surface area (Å²) in [5.74, 6) is 2.90. The molecule has 0 spiro atoms. The topological polar surface area (TPSA) is 88.2 Å². The van der Waals surface area contributed by atoms with Crippen molar-refractivity contribution in [3.05, 3.63) is 54.7 Å². The van der Waals surface area contributed by atoms with Gasteiger partial charge in [-0.25, -0.2) is 15.0 Å². The predicted molar refractivity (Wildman–Crippen MR) is 121 cm³/mol. The molecule has 5 rings (SSSR count). The molecular weight excluding hydrogens is 392 g/mol. The van der Waals surface area contributed by atoms with Crippen molar-refractivity contribution in [2.45, 2.75) is 6.92 Å². The summed E-state index contributed by atoms with van der Waals surface area (Å²) in [6.45, 7) is 5.49. The first-order chi connectivity index (χ1) is 15.3. The fourth-order valence-electron chi connectivity index (χ4n) is 3.61. The maximum atomic E-state index is 5.76. The standard InChI is InChI=1S/C23H24N6O2/c1-2-31-20-15-24-21(28-22(20)29-11-13-30-14-12-29)16-7-9-17(10-8-16)25-23-26-18-5-3-4-6-19(18)27-23/h3-10,15H,2,11-14H2,1H3,(H2,25,26,27). The number of morpholine rings is 1. The molecule has 4 aromatic rings. The van der Waals surface area contributed by atoms with Crippen molar-refractivity contribution in [3.8, 4) is 17.1 Å². The summed E-state index contributed by atoms with van der Waals surface area (Å²) in [6.07, 6.45) is 1.76. The summed E-state index contributed by atoms with van der Waals surface area (Å²) in [4.78, 5) is 19.4. The van der Waals surface area contributed by atoms with Crippen molar-refractivity contribution < 1.29 is 9.47 Å². The van der Waals surface area contributed by atoms with Gasteiger partial charge in [0.05, 0.1) is 37.1 Å². The number of benzene rings is 2. The van der Waals surface area contributed by atoms with Crippen molar-refractivity contribution in [2.75, 3.05) is 43.1 Å². The third-order valence-electron chi connectivity index (χ3n) is 5.14. The van der Waals surface area contributed by atoms with Crippen LogP contribution in [-0.2, 0) is 4.74 Å². The number of aromatic amines is 1. The Labute approximate surface area is 180 Å². The SMILES string of the molecule is CCOc1cnc(-c2ccc(Nc3nc4ccccc4[nH]3)cc2)nc1N1CCOCC1. The Balaban J connectivity index is 1.38. The van der Waals surface area contributed by atoms with Gasteiger partial charge in [-0.15, -0.1) is 0 Å². The fraction of sp³-hybridized carbons (Fsp3) is 0.261. The van der Waals surface area contributed by atoms with E-state index in [1.165, 1.54) is 0 Å². The summed E-state index contributed by atoms with van der Waals surface area (Å²) in [7, 11) is 0. The lowest BCUT2D eigenvalue weighted by atomic mass is 10.2. The molecule has 8 heteroatoms. The zero-order valence-corrected chi connectivity index (χ0v) is 17.3. The van der Waals surface area contributed by atoms with Gasteiger partial charge in [0.15, 0.2) is 17.4 Å². The van der Waals surface area contributed by atoms with Gasteiger partial charge in [0.1, 0.15) is 0 Å². The molecule has 0 unspecified atom stereocenters. The predicted octanol–water partition coefficient (Wildman–Crippen LogP) is 4.00. The van der Waals surface area contributed by atoms with Crippen LogP contribution in [0.1, 0.15) is 6.92 Å². The second kappa shape index (κ2) is 8.61. The van der Waals surface area contributed by atoms with E-state index in [0.29, 0.717) is 37.3 Å². The van der Waals surface area contributed by atoms with Gasteiger partial charge in [0, 0.05) is 24.3 Å². The maximum Gasteiger partial charge on any atom is 0.205 e. The highest BCUT2D eigenvalue weighted by molar-refractivity contribution is 5.78. The van der Waals surface area contributed by atoms with Crippen molar-refractivity contribution >= 4 is 28.5 Å². The molecule has 2 N–H and O–H groups in total. The minimum absolute atomic E-state index is 0.572. The Hall–Kier alpha value is -3.65. The smallest absolute Gasteiger partial charge is 0.205 e. The molecule has 0 aliphatic carbocycles. The van der Waals surface area contributed by atoms with Gasteiger partial charge in [-0.05, 0) is 43.3 Å². The van der Waals surface area contributed by atoms with Gasteiger partial charge in [-0.2, -0.15) is 0 Å². The van der Waals surface area contributed by atoms with Crippen LogP contribution in [0.4, 0.5) is 17.5 Å². The average Bonchev–Trinajstić information content (AvgIpc) is 3.23. The van der Waals surface area contributed by atoms with Gasteiger partial charge in [-0.3, -0.25) is 0 Å². The first kappa shape index (κ1) is 19.3. The lowest BCUT2D eigenvalue weighted by molar-refractivity contribution is 0.122. The summed E-state index contributed by atoms with van der Waals surface area (Å²) in [5, 5.41) is 3.31. The van der Waals surface area contributed by atoms with Crippen LogP contribution >= 0.6 is 0 Å². The lowest BCUT2D eigenvalue weighted by Crippen LogP contribution is -2.37. The van der Waals surface area contributed by atoms with Crippen LogP contribution in [0.3, 0.4) is 0 Å². The molecule has 1 fully saturated rings. The highest BCUT2D eigenvalue weighted by Gasteiger charge is 2.19. The van der Waals surface area contributed by atoms with E-state index in [1.807, 2.05) is 55.5 Å². The molecule has 1 aliphatic heterocycles. The number of aromatic nitrogens is 4. The number of rotatable bonds is 6. The molecule has 0 bridgehead atoms. The zero-order valence-electron chi connectivity index (χ0n) is 17.3. The number of imidazole rings is 1. The molecule has 31 heavy (non-hydrogen) atoms. The van der Waals surface area contributed by atoms with Crippen molar-refractivity contribution in [1.29, 1.82) is 0 Å². The van der Waals surface area contributed by atoms with Crippen LogP contribution in [0.5, 0.6) is 5.75 Å².